The van der Waals surface area contributed by atoms with Crippen LogP contribution in [0.5, 0.6) is 5.75 Å². The number of esters is 1. The molecule has 0 N–H and O–H groups in total. The van der Waals surface area contributed by atoms with Gasteiger partial charge in [-0.05, 0) is 55.0 Å². The first-order valence-electron chi connectivity index (χ1n) is 10.8. The summed E-state index contributed by atoms with van der Waals surface area (Å²) in [5.41, 5.74) is 1.57. The highest BCUT2D eigenvalue weighted by Crippen LogP contribution is 2.31. The van der Waals surface area contributed by atoms with Gasteiger partial charge in [0.15, 0.2) is 4.80 Å². The molecular formula is C25H26N2O4S2. The molecule has 0 saturated heterocycles. The maximum absolute atomic E-state index is 13.5. The second kappa shape index (κ2) is 9.89. The Balaban J connectivity index is 1.87. The lowest BCUT2D eigenvalue weighted by Gasteiger charge is -2.25. The minimum absolute atomic E-state index is 0.173. The Hall–Kier alpha value is -2.97. The molecule has 0 fully saturated rings. The molecule has 0 aliphatic carbocycles. The van der Waals surface area contributed by atoms with Gasteiger partial charge in [-0.2, -0.15) is 0 Å². The van der Waals surface area contributed by atoms with Crippen molar-refractivity contribution in [2.75, 3.05) is 13.2 Å². The number of benzene rings is 1. The summed E-state index contributed by atoms with van der Waals surface area (Å²) < 4.78 is 13.3. The number of thiophene rings is 1. The Morgan fingerprint density at radius 3 is 2.64 bits per heavy atom. The largest absolute Gasteiger partial charge is 0.494 e. The van der Waals surface area contributed by atoms with Crippen LogP contribution in [-0.4, -0.2) is 23.8 Å². The lowest BCUT2D eigenvalue weighted by molar-refractivity contribution is -0.140. The van der Waals surface area contributed by atoms with Crippen molar-refractivity contribution in [1.82, 2.24) is 4.57 Å². The number of fused-ring (bicyclic) bond motifs is 1. The van der Waals surface area contributed by atoms with E-state index in [4.69, 9.17) is 9.47 Å². The predicted octanol–water partition coefficient (Wildman–Crippen LogP) is 3.89. The van der Waals surface area contributed by atoms with Crippen molar-refractivity contribution in [3.63, 3.8) is 0 Å². The van der Waals surface area contributed by atoms with Crippen LogP contribution in [0.25, 0.3) is 6.08 Å². The number of carbonyl (C=O) groups is 1. The molecule has 3 heterocycles. The molecule has 3 aromatic rings. The van der Waals surface area contributed by atoms with Crippen LogP contribution >= 0.6 is 22.7 Å². The Bertz CT molecular complexity index is 1350. The van der Waals surface area contributed by atoms with Gasteiger partial charge in [-0.15, -0.1) is 11.3 Å². The van der Waals surface area contributed by atoms with Gasteiger partial charge in [-0.3, -0.25) is 9.36 Å². The monoisotopic (exact) mass is 482 g/mol. The fourth-order valence-corrected chi connectivity index (χ4v) is 5.40. The standard InChI is InChI=1S/C25H26N2O4S2/c1-5-30-18-10-8-17(9-11-18)22-21(24(29)31-14-15(2)3)16(4)26-25-27(22)23(28)20(33-25)13-19-7-6-12-32-19/h6-13,15,22H,5,14H2,1-4H3/b20-13-. The van der Waals surface area contributed by atoms with Gasteiger partial charge in [0, 0.05) is 4.88 Å². The van der Waals surface area contributed by atoms with Gasteiger partial charge in [-0.1, -0.05) is 43.4 Å². The van der Waals surface area contributed by atoms with Gasteiger partial charge in [0.25, 0.3) is 5.56 Å². The number of carbonyl (C=O) groups excluding carboxylic acids is 1. The Morgan fingerprint density at radius 2 is 2.00 bits per heavy atom. The molecule has 1 aliphatic rings. The quantitative estimate of drug-likeness (QED) is 0.479. The zero-order valence-electron chi connectivity index (χ0n) is 19.0. The molecule has 1 unspecified atom stereocenters. The van der Waals surface area contributed by atoms with Crippen molar-refractivity contribution in [2.45, 2.75) is 33.7 Å². The molecule has 0 spiro atoms. The zero-order chi connectivity index (χ0) is 23.5. The van der Waals surface area contributed by atoms with E-state index in [1.54, 1.807) is 22.8 Å². The van der Waals surface area contributed by atoms with Gasteiger partial charge in [-0.25, -0.2) is 9.79 Å². The molecule has 33 heavy (non-hydrogen) atoms. The van der Waals surface area contributed by atoms with Crippen LogP contribution in [0.15, 0.2) is 62.8 Å². The highest BCUT2D eigenvalue weighted by molar-refractivity contribution is 7.11. The number of thiazole rings is 1. The highest BCUT2D eigenvalue weighted by atomic mass is 32.1. The summed E-state index contributed by atoms with van der Waals surface area (Å²) in [6, 6.07) is 10.8. The highest BCUT2D eigenvalue weighted by Gasteiger charge is 2.33. The van der Waals surface area contributed by atoms with Crippen LogP contribution in [0.3, 0.4) is 0 Å². The van der Waals surface area contributed by atoms with Crippen LogP contribution in [0.2, 0.25) is 0 Å². The summed E-state index contributed by atoms with van der Waals surface area (Å²) in [7, 11) is 0. The summed E-state index contributed by atoms with van der Waals surface area (Å²) in [4.78, 5) is 32.9. The SMILES string of the molecule is CCOc1ccc(C2C(C(=O)OCC(C)C)=C(C)N=c3s/c(=C\c4cccs4)c(=O)n32)cc1. The van der Waals surface area contributed by atoms with E-state index in [0.717, 1.165) is 16.2 Å². The molecule has 0 radical (unpaired) electrons. The topological polar surface area (TPSA) is 69.9 Å². The molecule has 1 aliphatic heterocycles. The summed E-state index contributed by atoms with van der Waals surface area (Å²) >= 11 is 2.89. The molecule has 1 aromatic carbocycles. The first-order valence-corrected chi connectivity index (χ1v) is 12.5. The zero-order valence-corrected chi connectivity index (χ0v) is 20.7. The molecule has 0 saturated carbocycles. The van der Waals surface area contributed by atoms with Gasteiger partial charge < -0.3 is 9.47 Å². The van der Waals surface area contributed by atoms with Gasteiger partial charge in [0.1, 0.15) is 5.75 Å². The number of hydrogen-bond acceptors (Lipinski definition) is 7. The van der Waals surface area contributed by atoms with Crippen molar-refractivity contribution < 1.29 is 14.3 Å². The first kappa shape index (κ1) is 23.2. The number of rotatable bonds is 7. The number of nitrogens with zero attached hydrogens (tertiary/aromatic N) is 2. The van der Waals surface area contributed by atoms with Crippen molar-refractivity contribution in [3.8, 4) is 5.75 Å². The van der Waals surface area contributed by atoms with E-state index in [9.17, 15) is 9.59 Å². The van der Waals surface area contributed by atoms with Crippen LogP contribution < -0.4 is 19.6 Å². The van der Waals surface area contributed by atoms with E-state index in [2.05, 4.69) is 4.99 Å². The number of aromatic nitrogens is 1. The summed E-state index contributed by atoms with van der Waals surface area (Å²) in [6.45, 7) is 8.55. The van der Waals surface area contributed by atoms with E-state index >= 15 is 0 Å². The fraction of sp³-hybridized carbons (Fsp3) is 0.320. The molecule has 0 bridgehead atoms. The minimum Gasteiger partial charge on any atom is -0.494 e. The van der Waals surface area contributed by atoms with Crippen molar-refractivity contribution in [3.05, 3.63) is 83.2 Å². The van der Waals surface area contributed by atoms with Crippen LogP contribution in [0.4, 0.5) is 0 Å². The van der Waals surface area contributed by atoms with Crippen LogP contribution in [-0.2, 0) is 9.53 Å². The van der Waals surface area contributed by atoms with E-state index in [1.807, 2.05) is 68.6 Å². The van der Waals surface area contributed by atoms with Gasteiger partial charge >= 0.3 is 5.97 Å². The lowest BCUT2D eigenvalue weighted by Crippen LogP contribution is -2.40. The second-order valence-electron chi connectivity index (χ2n) is 8.09. The number of allylic oxidation sites excluding steroid dienone is 1. The maximum atomic E-state index is 13.5. The number of hydrogen-bond donors (Lipinski definition) is 0. The molecule has 172 valence electrons. The Labute approximate surface area is 200 Å². The maximum Gasteiger partial charge on any atom is 0.338 e. The molecular weight excluding hydrogens is 456 g/mol. The third-order valence-corrected chi connectivity index (χ3v) is 6.91. The average Bonchev–Trinajstić information content (AvgIpc) is 3.40. The fourth-order valence-electron chi connectivity index (χ4n) is 3.63. The first-order chi connectivity index (χ1) is 15.9. The third-order valence-electron chi connectivity index (χ3n) is 5.11. The minimum atomic E-state index is -0.623. The van der Waals surface area contributed by atoms with E-state index in [0.29, 0.717) is 33.8 Å². The van der Waals surface area contributed by atoms with Crippen molar-refractivity contribution in [1.29, 1.82) is 0 Å². The van der Waals surface area contributed by atoms with Crippen LogP contribution in [0.1, 0.15) is 44.2 Å². The van der Waals surface area contributed by atoms with E-state index < -0.39 is 12.0 Å². The Kier molecular flexibility index (Phi) is 6.95. The normalized spacial score (nSPS) is 16.0. The molecule has 8 heteroatoms. The van der Waals surface area contributed by atoms with E-state index in [1.165, 1.54) is 11.3 Å². The van der Waals surface area contributed by atoms with Crippen molar-refractivity contribution >= 4 is 34.7 Å². The van der Waals surface area contributed by atoms with Crippen molar-refractivity contribution in [2.24, 2.45) is 10.9 Å². The van der Waals surface area contributed by atoms with E-state index in [-0.39, 0.29) is 11.5 Å². The summed E-state index contributed by atoms with van der Waals surface area (Å²) in [6.07, 6.45) is 1.87. The number of ether oxygens (including phenoxy) is 2. The summed E-state index contributed by atoms with van der Waals surface area (Å²) in [5.74, 6) is 0.484. The molecule has 2 aromatic heterocycles. The molecule has 4 rings (SSSR count). The van der Waals surface area contributed by atoms with Gasteiger partial charge in [0.2, 0.25) is 0 Å². The third kappa shape index (κ3) is 4.86. The smallest absolute Gasteiger partial charge is 0.338 e. The predicted molar refractivity (Wildman–Crippen MR) is 131 cm³/mol. The Morgan fingerprint density at radius 1 is 1.24 bits per heavy atom. The molecule has 0 amide bonds. The average molecular weight is 483 g/mol. The van der Waals surface area contributed by atoms with Gasteiger partial charge in [0.05, 0.1) is 35.1 Å². The lowest BCUT2D eigenvalue weighted by atomic mass is 9.96. The molecule has 1 atom stereocenters. The molecule has 6 nitrogen and oxygen atoms in total. The second-order valence-corrected chi connectivity index (χ2v) is 10.1. The van der Waals surface area contributed by atoms with Crippen LogP contribution in [0, 0.1) is 5.92 Å². The summed E-state index contributed by atoms with van der Waals surface area (Å²) in [5, 5.41) is 1.97.